The van der Waals surface area contributed by atoms with Crippen molar-refractivity contribution in [3.63, 3.8) is 0 Å². The number of benzene rings is 1. The van der Waals surface area contributed by atoms with Gasteiger partial charge in [-0.25, -0.2) is 15.1 Å². The fraction of sp³-hybridized carbons (Fsp3) is 0.100. The summed E-state index contributed by atoms with van der Waals surface area (Å²) in [5.41, 5.74) is 9.03. The SMILES string of the molecule is [C-]#[N+]c1ccc(/C(C)=N/NC(N)=O)cc1. The van der Waals surface area contributed by atoms with Crippen LogP contribution in [0, 0.1) is 6.57 Å². The summed E-state index contributed by atoms with van der Waals surface area (Å²) in [7, 11) is 0. The van der Waals surface area contributed by atoms with Gasteiger partial charge in [-0.05, 0) is 12.5 Å². The molecule has 0 spiro atoms. The molecule has 5 nitrogen and oxygen atoms in total. The van der Waals surface area contributed by atoms with Crippen LogP contribution in [-0.4, -0.2) is 11.7 Å². The van der Waals surface area contributed by atoms with Gasteiger partial charge < -0.3 is 5.73 Å². The van der Waals surface area contributed by atoms with Gasteiger partial charge in [0.2, 0.25) is 0 Å². The summed E-state index contributed by atoms with van der Waals surface area (Å²) in [6.07, 6.45) is 0. The van der Waals surface area contributed by atoms with Crippen LogP contribution >= 0.6 is 0 Å². The molecule has 0 aliphatic heterocycles. The molecule has 1 aromatic carbocycles. The topological polar surface area (TPSA) is 71.8 Å². The number of nitrogens with zero attached hydrogens (tertiary/aromatic N) is 2. The molecular formula is C10H10N4O. The van der Waals surface area contributed by atoms with Crippen molar-refractivity contribution in [1.29, 1.82) is 0 Å². The Bertz CT molecular complexity index is 428. The van der Waals surface area contributed by atoms with Crippen molar-refractivity contribution in [1.82, 2.24) is 5.43 Å². The van der Waals surface area contributed by atoms with Gasteiger partial charge in [-0.1, -0.05) is 24.3 Å². The smallest absolute Gasteiger partial charge is 0.332 e. The second kappa shape index (κ2) is 4.77. The van der Waals surface area contributed by atoms with Crippen LogP contribution in [0.2, 0.25) is 0 Å². The van der Waals surface area contributed by atoms with E-state index in [1.165, 1.54) is 0 Å². The number of rotatable bonds is 2. The van der Waals surface area contributed by atoms with Gasteiger partial charge in [-0.3, -0.25) is 0 Å². The number of primary amides is 1. The molecule has 15 heavy (non-hydrogen) atoms. The van der Waals surface area contributed by atoms with Gasteiger partial charge in [0, 0.05) is 0 Å². The molecule has 0 bridgehead atoms. The molecule has 1 rings (SSSR count). The Labute approximate surface area is 87.4 Å². The van der Waals surface area contributed by atoms with Crippen molar-refractivity contribution in [2.24, 2.45) is 10.8 Å². The summed E-state index contributed by atoms with van der Waals surface area (Å²) in [4.78, 5) is 13.7. The van der Waals surface area contributed by atoms with Crippen LogP contribution in [0.25, 0.3) is 4.85 Å². The third-order valence-corrected chi connectivity index (χ3v) is 1.75. The van der Waals surface area contributed by atoms with Crippen molar-refractivity contribution in [2.45, 2.75) is 6.92 Å². The molecule has 0 aliphatic rings. The Hall–Kier alpha value is -2.35. The number of carbonyl (C=O) groups excluding carboxylic acids is 1. The predicted molar refractivity (Wildman–Crippen MR) is 57.6 cm³/mol. The van der Waals surface area contributed by atoms with E-state index >= 15 is 0 Å². The molecule has 0 heterocycles. The standard InChI is InChI=1S/C10H10N4O/c1-7(13-14-10(11)15)8-3-5-9(12-2)6-4-8/h3-6H,1H3,(H3,11,14,15)/b13-7+. The zero-order chi connectivity index (χ0) is 11.3. The van der Waals surface area contributed by atoms with E-state index in [0.29, 0.717) is 11.4 Å². The fourth-order valence-electron chi connectivity index (χ4n) is 0.981. The molecule has 0 atom stereocenters. The molecule has 5 heteroatoms. The lowest BCUT2D eigenvalue weighted by molar-refractivity contribution is 0.249. The van der Waals surface area contributed by atoms with Crippen LogP contribution in [0.1, 0.15) is 12.5 Å². The van der Waals surface area contributed by atoms with E-state index in [1.807, 2.05) is 0 Å². The number of urea groups is 1. The van der Waals surface area contributed by atoms with Crippen molar-refractivity contribution in [3.8, 4) is 0 Å². The van der Waals surface area contributed by atoms with Gasteiger partial charge in [-0.15, -0.1) is 0 Å². The third-order valence-electron chi connectivity index (χ3n) is 1.75. The highest BCUT2D eigenvalue weighted by molar-refractivity contribution is 5.99. The predicted octanol–water partition coefficient (Wildman–Crippen LogP) is 1.63. The molecule has 3 N–H and O–H groups in total. The van der Waals surface area contributed by atoms with Crippen molar-refractivity contribution in [2.75, 3.05) is 0 Å². The molecule has 1 aromatic rings. The van der Waals surface area contributed by atoms with Crippen LogP contribution in [0.4, 0.5) is 10.5 Å². The fourth-order valence-corrected chi connectivity index (χ4v) is 0.981. The quantitative estimate of drug-likeness (QED) is 0.427. The van der Waals surface area contributed by atoms with Crippen molar-refractivity contribution < 1.29 is 4.79 Å². The average molecular weight is 202 g/mol. The highest BCUT2D eigenvalue weighted by atomic mass is 16.2. The first kappa shape index (κ1) is 10.7. The minimum Gasteiger partial charge on any atom is -0.350 e. The summed E-state index contributed by atoms with van der Waals surface area (Å²) in [6, 6.07) is 6.19. The zero-order valence-corrected chi connectivity index (χ0v) is 8.19. The highest BCUT2D eigenvalue weighted by Crippen LogP contribution is 2.12. The lowest BCUT2D eigenvalue weighted by Gasteiger charge is -2.00. The van der Waals surface area contributed by atoms with E-state index in [0.717, 1.165) is 5.56 Å². The van der Waals surface area contributed by atoms with Gasteiger partial charge in [0.1, 0.15) is 0 Å². The van der Waals surface area contributed by atoms with E-state index in [2.05, 4.69) is 15.4 Å². The Balaban J connectivity index is 2.83. The van der Waals surface area contributed by atoms with Crippen LogP contribution in [0.3, 0.4) is 0 Å². The number of amides is 2. The van der Waals surface area contributed by atoms with Crippen molar-refractivity contribution >= 4 is 17.4 Å². The minimum absolute atomic E-state index is 0.564. The van der Waals surface area contributed by atoms with Crippen molar-refractivity contribution in [3.05, 3.63) is 41.2 Å². The van der Waals surface area contributed by atoms with Gasteiger partial charge >= 0.3 is 6.03 Å². The van der Waals surface area contributed by atoms with E-state index in [4.69, 9.17) is 12.3 Å². The first-order chi connectivity index (χ1) is 7.13. The highest BCUT2D eigenvalue weighted by Gasteiger charge is 1.98. The lowest BCUT2D eigenvalue weighted by atomic mass is 10.1. The summed E-state index contributed by atoms with van der Waals surface area (Å²) < 4.78 is 0. The van der Waals surface area contributed by atoms with E-state index in [9.17, 15) is 4.79 Å². The van der Waals surface area contributed by atoms with Gasteiger partial charge in [0.25, 0.3) is 0 Å². The summed E-state index contributed by atoms with van der Waals surface area (Å²) in [5.74, 6) is 0. The number of nitrogens with two attached hydrogens (primary N) is 1. The molecule has 2 amide bonds. The number of hydrazone groups is 1. The maximum atomic E-state index is 10.4. The average Bonchev–Trinajstić information content (AvgIpc) is 2.26. The van der Waals surface area contributed by atoms with Crippen LogP contribution < -0.4 is 11.2 Å². The minimum atomic E-state index is -0.702. The van der Waals surface area contributed by atoms with Gasteiger partial charge in [0.15, 0.2) is 5.69 Å². The lowest BCUT2D eigenvalue weighted by Crippen LogP contribution is -2.25. The zero-order valence-electron chi connectivity index (χ0n) is 8.19. The molecule has 76 valence electrons. The second-order valence-electron chi connectivity index (χ2n) is 2.83. The van der Waals surface area contributed by atoms with E-state index < -0.39 is 6.03 Å². The number of hydrogen-bond acceptors (Lipinski definition) is 2. The molecule has 0 unspecified atom stereocenters. The largest absolute Gasteiger partial charge is 0.350 e. The summed E-state index contributed by atoms with van der Waals surface area (Å²) >= 11 is 0. The first-order valence-electron chi connectivity index (χ1n) is 4.21. The number of hydrogen-bond donors (Lipinski definition) is 2. The molecule has 0 aromatic heterocycles. The summed E-state index contributed by atoms with van der Waals surface area (Å²) in [5, 5.41) is 3.76. The van der Waals surface area contributed by atoms with Crippen LogP contribution in [-0.2, 0) is 0 Å². The third kappa shape index (κ3) is 3.12. The molecule has 0 aliphatic carbocycles. The Morgan fingerprint density at radius 1 is 1.47 bits per heavy atom. The first-order valence-corrected chi connectivity index (χ1v) is 4.21. The molecule has 0 saturated carbocycles. The molecule has 0 radical (unpaired) electrons. The van der Waals surface area contributed by atoms with Crippen LogP contribution in [0.5, 0.6) is 0 Å². The van der Waals surface area contributed by atoms with Gasteiger partial charge in [0.05, 0.1) is 12.3 Å². The van der Waals surface area contributed by atoms with E-state index in [-0.39, 0.29) is 0 Å². The number of carbonyl (C=O) groups is 1. The van der Waals surface area contributed by atoms with Crippen LogP contribution in [0.15, 0.2) is 29.4 Å². The van der Waals surface area contributed by atoms with E-state index in [1.54, 1.807) is 31.2 Å². The maximum Gasteiger partial charge on any atom is 0.332 e. The molecule has 0 saturated heterocycles. The second-order valence-corrected chi connectivity index (χ2v) is 2.83. The normalized spacial score (nSPS) is 10.5. The molecule has 0 fully saturated rings. The maximum absolute atomic E-state index is 10.4. The Morgan fingerprint density at radius 2 is 2.07 bits per heavy atom. The monoisotopic (exact) mass is 202 g/mol. The van der Waals surface area contributed by atoms with Gasteiger partial charge in [-0.2, -0.15) is 5.10 Å². The Morgan fingerprint density at radius 3 is 2.53 bits per heavy atom. The Kier molecular flexibility index (Phi) is 3.41. The summed E-state index contributed by atoms with van der Waals surface area (Å²) in [6.45, 7) is 8.52. The number of nitrogens with one attached hydrogen (secondary N) is 1. The molecular weight excluding hydrogens is 192 g/mol.